The topological polar surface area (TPSA) is 20.2 Å². The number of rotatable bonds is 4. The Bertz CT molecular complexity index is 526. The van der Waals surface area contributed by atoms with Crippen LogP contribution in [0.3, 0.4) is 0 Å². The van der Waals surface area contributed by atoms with Gasteiger partial charge in [0, 0.05) is 0 Å². The molecule has 0 bridgehead atoms. The molecule has 148 valence electrons. The minimum atomic E-state index is -0.0250. The SMILES string of the molecule is C=CCCC(C)C1CCC2C3C(O)CC4CCCCC4(C)C3CCC12C. The fourth-order valence-corrected chi connectivity index (χ4v) is 8.81. The van der Waals surface area contributed by atoms with Crippen LogP contribution in [0.4, 0.5) is 0 Å². The number of hydrogen-bond acceptors (Lipinski definition) is 1. The van der Waals surface area contributed by atoms with Gasteiger partial charge >= 0.3 is 0 Å². The summed E-state index contributed by atoms with van der Waals surface area (Å²) in [5.74, 6) is 4.60. The first kappa shape index (κ1) is 19.0. The summed E-state index contributed by atoms with van der Waals surface area (Å²) in [5, 5.41) is 11.3. The monoisotopic (exact) mass is 358 g/mol. The normalized spacial score (nSPS) is 51.8. The second-order valence-electron chi connectivity index (χ2n) is 11.1. The van der Waals surface area contributed by atoms with Crippen molar-refractivity contribution in [1.82, 2.24) is 0 Å². The fourth-order valence-electron chi connectivity index (χ4n) is 8.81. The molecule has 4 fully saturated rings. The molecule has 0 amide bonds. The van der Waals surface area contributed by atoms with Crippen LogP contribution in [0.25, 0.3) is 0 Å². The number of allylic oxidation sites excluding steroid dienone is 1. The van der Waals surface area contributed by atoms with E-state index >= 15 is 0 Å². The fraction of sp³-hybridized carbons (Fsp3) is 0.920. The summed E-state index contributed by atoms with van der Waals surface area (Å²) in [6.07, 6.45) is 16.8. The Morgan fingerprint density at radius 2 is 1.81 bits per heavy atom. The third kappa shape index (κ3) is 2.75. The van der Waals surface area contributed by atoms with Gasteiger partial charge in [0.1, 0.15) is 0 Å². The molecule has 4 aliphatic rings. The van der Waals surface area contributed by atoms with Gasteiger partial charge in [-0.3, -0.25) is 0 Å². The summed E-state index contributed by atoms with van der Waals surface area (Å²) in [4.78, 5) is 0. The number of aliphatic hydroxyl groups is 1. The highest BCUT2D eigenvalue weighted by Crippen LogP contribution is 2.68. The molecule has 4 saturated carbocycles. The minimum Gasteiger partial charge on any atom is -0.393 e. The average Bonchev–Trinajstić information content (AvgIpc) is 2.97. The van der Waals surface area contributed by atoms with Crippen LogP contribution in [0.1, 0.15) is 91.4 Å². The molecule has 4 rings (SSSR count). The van der Waals surface area contributed by atoms with Crippen LogP contribution < -0.4 is 0 Å². The minimum absolute atomic E-state index is 0.0250. The molecular weight excluding hydrogens is 316 g/mol. The lowest BCUT2D eigenvalue weighted by molar-refractivity contribution is -0.164. The first-order valence-electron chi connectivity index (χ1n) is 11.7. The van der Waals surface area contributed by atoms with Crippen molar-refractivity contribution in [3.8, 4) is 0 Å². The van der Waals surface area contributed by atoms with Crippen LogP contribution in [-0.2, 0) is 0 Å². The van der Waals surface area contributed by atoms with E-state index in [0.29, 0.717) is 16.7 Å². The summed E-state index contributed by atoms with van der Waals surface area (Å²) in [6.45, 7) is 11.6. The molecule has 0 aliphatic heterocycles. The van der Waals surface area contributed by atoms with Crippen molar-refractivity contribution in [1.29, 1.82) is 0 Å². The standard InChI is InChI=1S/C25H42O/c1-5-6-9-17(2)19-11-12-20-23-21(13-15-25(19,20)4)24(3)14-8-7-10-18(24)16-22(23)26/h5,17-23,26H,1,6-16H2,2-4H3. The van der Waals surface area contributed by atoms with Crippen LogP contribution in [0.15, 0.2) is 12.7 Å². The molecule has 26 heavy (non-hydrogen) atoms. The highest BCUT2D eigenvalue weighted by atomic mass is 16.3. The van der Waals surface area contributed by atoms with Crippen molar-refractivity contribution in [2.24, 2.45) is 46.3 Å². The largest absolute Gasteiger partial charge is 0.393 e. The van der Waals surface area contributed by atoms with E-state index in [4.69, 9.17) is 0 Å². The van der Waals surface area contributed by atoms with Gasteiger partial charge in [0.2, 0.25) is 0 Å². The zero-order chi connectivity index (χ0) is 18.5. The van der Waals surface area contributed by atoms with E-state index in [2.05, 4.69) is 33.4 Å². The first-order chi connectivity index (χ1) is 12.4. The average molecular weight is 359 g/mol. The van der Waals surface area contributed by atoms with E-state index in [-0.39, 0.29) is 6.10 Å². The van der Waals surface area contributed by atoms with Gasteiger partial charge < -0.3 is 5.11 Å². The Morgan fingerprint density at radius 1 is 1.04 bits per heavy atom. The molecule has 0 aromatic carbocycles. The van der Waals surface area contributed by atoms with Gasteiger partial charge in [-0.15, -0.1) is 6.58 Å². The second kappa shape index (κ2) is 6.94. The molecule has 0 heterocycles. The number of hydrogen-bond donors (Lipinski definition) is 1. The van der Waals surface area contributed by atoms with Crippen LogP contribution >= 0.6 is 0 Å². The van der Waals surface area contributed by atoms with E-state index in [1.54, 1.807) is 0 Å². The lowest BCUT2D eigenvalue weighted by atomic mass is 9.44. The van der Waals surface area contributed by atoms with Crippen LogP contribution in [-0.4, -0.2) is 11.2 Å². The highest BCUT2D eigenvalue weighted by molar-refractivity contribution is 5.11. The van der Waals surface area contributed by atoms with Gasteiger partial charge in [-0.25, -0.2) is 0 Å². The number of fused-ring (bicyclic) bond motifs is 5. The lowest BCUT2D eigenvalue weighted by Gasteiger charge is -2.62. The van der Waals surface area contributed by atoms with Crippen molar-refractivity contribution in [2.45, 2.75) is 97.5 Å². The van der Waals surface area contributed by atoms with Gasteiger partial charge in [-0.1, -0.05) is 39.7 Å². The van der Waals surface area contributed by atoms with Gasteiger partial charge in [-0.2, -0.15) is 0 Å². The molecule has 9 atom stereocenters. The molecule has 1 N–H and O–H groups in total. The van der Waals surface area contributed by atoms with Gasteiger partial charge in [0.05, 0.1) is 6.10 Å². The summed E-state index contributed by atoms with van der Waals surface area (Å²) < 4.78 is 0. The maximum Gasteiger partial charge on any atom is 0.0577 e. The Kier molecular flexibility index (Phi) is 5.08. The van der Waals surface area contributed by atoms with Crippen molar-refractivity contribution in [3.05, 3.63) is 12.7 Å². The van der Waals surface area contributed by atoms with Gasteiger partial charge in [-0.05, 0) is 104 Å². The van der Waals surface area contributed by atoms with Crippen molar-refractivity contribution >= 4 is 0 Å². The van der Waals surface area contributed by atoms with E-state index in [1.807, 2.05) is 0 Å². The molecule has 1 heteroatoms. The lowest BCUT2D eigenvalue weighted by Crippen LogP contribution is -2.57. The first-order valence-corrected chi connectivity index (χ1v) is 11.7. The van der Waals surface area contributed by atoms with Crippen LogP contribution in [0, 0.1) is 46.3 Å². The third-order valence-electron chi connectivity index (χ3n) is 10.2. The zero-order valence-electron chi connectivity index (χ0n) is 17.6. The summed E-state index contributed by atoms with van der Waals surface area (Å²) >= 11 is 0. The van der Waals surface area contributed by atoms with Gasteiger partial charge in [0.25, 0.3) is 0 Å². The molecular formula is C25H42O. The number of aliphatic hydroxyl groups excluding tert-OH is 1. The maximum absolute atomic E-state index is 11.3. The predicted molar refractivity (Wildman–Crippen MR) is 110 cm³/mol. The summed E-state index contributed by atoms with van der Waals surface area (Å²) in [7, 11) is 0. The Morgan fingerprint density at radius 3 is 2.58 bits per heavy atom. The van der Waals surface area contributed by atoms with Crippen molar-refractivity contribution in [3.63, 3.8) is 0 Å². The van der Waals surface area contributed by atoms with E-state index in [1.165, 1.54) is 57.8 Å². The van der Waals surface area contributed by atoms with Crippen LogP contribution in [0.2, 0.25) is 0 Å². The van der Waals surface area contributed by atoms with E-state index < -0.39 is 0 Å². The highest BCUT2D eigenvalue weighted by Gasteiger charge is 2.62. The molecule has 4 aliphatic carbocycles. The smallest absolute Gasteiger partial charge is 0.0577 e. The molecule has 1 nitrogen and oxygen atoms in total. The van der Waals surface area contributed by atoms with E-state index in [0.717, 1.165) is 42.4 Å². The molecule has 0 saturated heterocycles. The van der Waals surface area contributed by atoms with Crippen molar-refractivity contribution in [2.75, 3.05) is 0 Å². The third-order valence-corrected chi connectivity index (χ3v) is 10.2. The second-order valence-corrected chi connectivity index (χ2v) is 11.1. The van der Waals surface area contributed by atoms with Gasteiger partial charge in [0.15, 0.2) is 0 Å². The Labute approximate surface area is 162 Å². The molecule has 0 aromatic heterocycles. The van der Waals surface area contributed by atoms with E-state index in [9.17, 15) is 5.11 Å². The molecule has 0 radical (unpaired) electrons. The van der Waals surface area contributed by atoms with Crippen LogP contribution in [0.5, 0.6) is 0 Å². The molecule has 9 unspecified atom stereocenters. The summed E-state index contributed by atoms with van der Waals surface area (Å²) in [5.41, 5.74) is 0.997. The predicted octanol–water partition coefficient (Wildman–Crippen LogP) is 6.61. The Hall–Kier alpha value is -0.300. The maximum atomic E-state index is 11.3. The quantitative estimate of drug-likeness (QED) is 0.561. The summed E-state index contributed by atoms with van der Waals surface area (Å²) in [6, 6.07) is 0. The zero-order valence-corrected chi connectivity index (χ0v) is 17.6. The van der Waals surface area contributed by atoms with Crippen molar-refractivity contribution < 1.29 is 5.11 Å². The molecule has 0 spiro atoms. The Balaban J connectivity index is 1.58. The molecule has 0 aromatic rings.